The number of rotatable bonds is 1. The Labute approximate surface area is 90.7 Å². The molecule has 0 saturated carbocycles. The van der Waals surface area contributed by atoms with E-state index in [2.05, 4.69) is 5.32 Å². The number of benzene rings is 1. The van der Waals surface area contributed by atoms with Crippen molar-refractivity contribution in [2.45, 2.75) is 27.7 Å². The first-order valence-corrected chi connectivity index (χ1v) is 4.98. The van der Waals surface area contributed by atoms with E-state index in [1.807, 2.05) is 39.8 Å². The maximum atomic E-state index is 11.7. The van der Waals surface area contributed by atoms with E-state index in [1.54, 1.807) is 6.07 Å². The van der Waals surface area contributed by atoms with Crippen LogP contribution in [0, 0.1) is 12.3 Å². The second-order valence-electron chi connectivity index (χ2n) is 4.78. The third kappa shape index (κ3) is 2.98. The maximum absolute atomic E-state index is 11.7. The number of carbonyl (C=O) groups is 1. The van der Waals surface area contributed by atoms with Crippen molar-refractivity contribution in [1.82, 2.24) is 0 Å². The predicted molar refractivity (Wildman–Crippen MR) is 63.7 cm³/mol. The minimum atomic E-state index is -0.380. The highest BCUT2D eigenvalue weighted by atomic mass is 16.2. The SMILES string of the molecule is Cc1cc(NC(=O)C(C)(C)C)ccc1N. The zero-order valence-corrected chi connectivity index (χ0v) is 9.72. The van der Waals surface area contributed by atoms with E-state index in [9.17, 15) is 4.79 Å². The largest absolute Gasteiger partial charge is 0.399 e. The maximum Gasteiger partial charge on any atom is 0.229 e. The van der Waals surface area contributed by atoms with Crippen LogP contribution in [0.2, 0.25) is 0 Å². The molecule has 0 saturated heterocycles. The summed E-state index contributed by atoms with van der Waals surface area (Å²) in [6.45, 7) is 7.56. The monoisotopic (exact) mass is 206 g/mol. The van der Waals surface area contributed by atoms with Crippen molar-refractivity contribution in [2.75, 3.05) is 11.1 Å². The molecule has 0 atom stereocenters. The standard InChI is InChI=1S/C12H18N2O/c1-8-7-9(5-6-10(8)13)14-11(15)12(2,3)4/h5-7H,13H2,1-4H3,(H,14,15). The molecule has 3 heteroatoms. The molecule has 3 N–H and O–H groups in total. The Hall–Kier alpha value is -1.51. The molecule has 0 bridgehead atoms. The number of amides is 1. The van der Waals surface area contributed by atoms with Crippen molar-refractivity contribution < 1.29 is 4.79 Å². The lowest BCUT2D eigenvalue weighted by Crippen LogP contribution is -2.27. The highest BCUT2D eigenvalue weighted by Crippen LogP contribution is 2.20. The van der Waals surface area contributed by atoms with Gasteiger partial charge in [0.1, 0.15) is 0 Å². The van der Waals surface area contributed by atoms with Gasteiger partial charge in [0, 0.05) is 16.8 Å². The molecular formula is C12H18N2O. The van der Waals surface area contributed by atoms with Crippen LogP contribution < -0.4 is 11.1 Å². The lowest BCUT2D eigenvalue weighted by Gasteiger charge is -2.18. The number of hydrogen-bond donors (Lipinski definition) is 2. The second-order valence-corrected chi connectivity index (χ2v) is 4.78. The Morgan fingerprint density at radius 1 is 1.33 bits per heavy atom. The number of anilines is 2. The van der Waals surface area contributed by atoms with Crippen LogP contribution in [0.1, 0.15) is 26.3 Å². The highest BCUT2D eigenvalue weighted by Gasteiger charge is 2.21. The lowest BCUT2D eigenvalue weighted by molar-refractivity contribution is -0.123. The zero-order chi connectivity index (χ0) is 11.6. The summed E-state index contributed by atoms with van der Waals surface area (Å²) >= 11 is 0. The molecule has 3 nitrogen and oxygen atoms in total. The van der Waals surface area contributed by atoms with Crippen molar-refractivity contribution in [2.24, 2.45) is 5.41 Å². The third-order valence-corrected chi connectivity index (χ3v) is 2.21. The van der Waals surface area contributed by atoms with Gasteiger partial charge in [-0.25, -0.2) is 0 Å². The number of nitrogens with two attached hydrogens (primary N) is 1. The molecule has 0 aliphatic carbocycles. The molecule has 82 valence electrons. The fourth-order valence-corrected chi connectivity index (χ4v) is 1.07. The molecular weight excluding hydrogens is 188 g/mol. The molecule has 1 amide bonds. The van der Waals surface area contributed by atoms with Crippen LogP contribution in [0.15, 0.2) is 18.2 Å². The quantitative estimate of drug-likeness (QED) is 0.694. The van der Waals surface area contributed by atoms with Gasteiger partial charge in [-0.15, -0.1) is 0 Å². The average molecular weight is 206 g/mol. The van der Waals surface area contributed by atoms with E-state index in [1.165, 1.54) is 0 Å². The first-order valence-electron chi connectivity index (χ1n) is 4.98. The number of carbonyl (C=O) groups excluding carboxylic acids is 1. The molecule has 0 heterocycles. The van der Waals surface area contributed by atoms with Gasteiger partial charge < -0.3 is 11.1 Å². The second kappa shape index (κ2) is 3.93. The number of hydrogen-bond acceptors (Lipinski definition) is 2. The van der Waals surface area contributed by atoms with Crippen LogP contribution in [0.4, 0.5) is 11.4 Å². The van der Waals surface area contributed by atoms with Crippen molar-refractivity contribution in [3.8, 4) is 0 Å². The van der Waals surface area contributed by atoms with Gasteiger partial charge >= 0.3 is 0 Å². The smallest absolute Gasteiger partial charge is 0.229 e. The van der Waals surface area contributed by atoms with Crippen molar-refractivity contribution >= 4 is 17.3 Å². The van der Waals surface area contributed by atoms with Crippen molar-refractivity contribution in [3.05, 3.63) is 23.8 Å². The fourth-order valence-electron chi connectivity index (χ4n) is 1.07. The van der Waals surface area contributed by atoms with Crippen LogP contribution in [-0.4, -0.2) is 5.91 Å². The van der Waals surface area contributed by atoms with Crippen molar-refractivity contribution in [1.29, 1.82) is 0 Å². The lowest BCUT2D eigenvalue weighted by atomic mass is 9.95. The highest BCUT2D eigenvalue weighted by molar-refractivity contribution is 5.94. The molecule has 0 spiro atoms. The number of nitrogen functional groups attached to an aromatic ring is 1. The Morgan fingerprint density at radius 2 is 1.93 bits per heavy atom. The molecule has 0 aliphatic heterocycles. The first kappa shape index (κ1) is 11.6. The van der Waals surface area contributed by atoms with Gasteiger partial charge in [-0.3, -0.25) is 4.79 Å². The van der Waals surface area contributed by atoms with Gasteiger partial charge in [0.2, 0.25) is 5.91 Å². The van der Waals surface area contributed by atoms with Crippen LogP contribution >= 0.6 is 0 Å². The molecule has 0 fully saturated rings. The van der Waals surface area contributed by atoms with Gasteiger partial charge in [-0.2, -0.15) is 0 Å². The Kier molecular flexibility index (Phi) is 3.03. The van der Waals surface area contributed by atoms with E-state index >= 15 is 0 Å². The molecule has 0 aromatic heterocycles. The summed E-state index contributed by atoms with van der Waals surface area (Å²) in [6, 6.07) is 5.48. The molecule has 0 unspecified atom stereocenters. The summed E-state index contributed by atoms with van der Waals surface area (Å²) in [5, 5.41) is 2.86. The summed E-state index contributed by atoms with van der Waals surface area (Å²) < 4.78 is 0. The minimum Gasteiger partial charge on any atom is -0.399 e. The molecule has 0 aliphatic rings. The summed E-state index contributed by atoms with van der Waals surface area (Å²) in [5.41, 5.74) is 7.82. The summed E-state index contributed by atoms with van der Waals surface area (Å²) in [4.78, 5) is 11.7. The summed E-state index contributed by atoms with van der Waals surface area (Å²) in [5.74, 6) is 0.00618. The van der Waals surface area contributed by atoms with Gasteiger partial charge in [-0.1, -0.05) is 20.8 Å². The Morgan fingerprint density at radius 3 is 2.40 bits per heavy atom. The third-order valence-electron chi connectivity index (χ3n) is 2.21. The van der Waals surface area contributed by atoms with E-state index in [0.717, 1.165) is 16.9 Å². The zero-order valence-electron chi connectivity index (χ0n) is 9.72. The van der Waals surface area contributed by atoms with Crippen LogP contribution in [0.5, 0.6) is 0 Å². The fraction of sp³-hybridized carbons (Fsp3) is 0.417. The predicted octanol–water partition coefficient (Wildman–Crippen LogP) is 2.56. The van der Waals surface area contributed by atoms with Crippen LogP contribution in [-0.2, 0) is 4.79 Å². The topological polar surface area (TPSA) is 55.1 Å². The average Bonchev–Trinajstić information content (AvgIpc) is 2.10. The molecule has 1 aromatic carbocycles. The summed E-state index contributed by atoms with van der Waals surface area (Å²) in [6.07, 6.45) is 0. The van der Waals surface area contributed by atoms with E-state index in [4.69, 9.17) is 5.73 Å². The van der Waals surface area contributed by atoms with Crippen LogP contribution in [0.25, 0.3) is 0 Å². The van der Waals surface area contributed by atoms with E-state index in [0.29, 0.717) is 0 Å². The summed E-state index contributed by atoms with van der Waals surface area (Å²) in [7, 11) is 0. The van der Waals surface area contributed by atoms with E-state index in [-0.39, 0.29) is 11.3 Å². The van der Waals surface area contributed by atoms with Gasteiger partial charge in [0.25, 0.3) is 0 Å². The number of aryl methyl sites for hydroxylation is 1. The minimum absolute atomic E-state index is 0.00618. The molecule has 1 rings (SSSR count). The van der Waals surface area contributed by atoms with E-state index < -0.39 is 0 Å². The normalized spacial score (nSPS) is 11.2. The van der Waals surface area contributed by atoms with Crippen molar-refractivity contribution in [3.63, 3.8) is 0 Å². The van der Waals surface area contributed by atoms with Gasteiger partial charge in [0.05, 0.1) is 0 Å². The first-order chi connectivity index (χ1) is 6.80. The Bertz CT molecular complexity index is 378. The molecule has 1 aromatic rings. The molecule has 0 radical (unpaired) electrons. The Balaban J connectivity index is 2.83. The number of nitrogens with one attached hydrogen (secondary N) is 1. The molecule has 15 heavy (non-hydrogen) atoms. The van der Waals surface area contributed by atoms with Crippen LogP contribution in [0.3, 0.4) is 0 Å². The van der Waals surface area contributed by atoms with Gasteiger partial charge in [0.15, 0.2) is 0 Å². The van der Waals surface area contributed by atoms with Gasteiger partial charge in [-0.05, 0) is 30.7 Å².